The van der Waals surface area contributed by atoms with Crippen molar-refractivity contribution in [1.82, 2.24) is 4.90 Å². The first-order chi connectivity index (χ1) is 15.5. The highest BCUT2D eigenvalue weighted by Crippen LogP contribution is 2.29. The van der Waals surface area contributed by atoms with Gasteiger partial charge in [0.2, 0.25) is 5.91 Å². The lowest BCUT2D eigenvalue weighted by Crippen LogP contribution is -2.61. The number of β-lactam (4-membered cyclic amide) rings is 1. The number of carbonyl (C=O) groups is 2. The maximum absolute atomic E-state index is 12.9. The Hall–Kier alpha value is -2.22. The molecule has 0 N–H and O–H groups in total. The smallest absolute Gasteiger partial charge is 0.233 e. The van der Waals surface area contributed by atoms with E-state index in [9.17, 15) is 18.5 Å². The molecular weight excluding hydrogens is 429 g/mol. The van der Waals surface area contributed by atoms with Crippen LogP contribution in [0, 0.1) is 5.82 Å². The summed E-state index contributed by atoms with van der Waals surface area (Å²) < 4.78 is 31.4. The molecule has 1 fully saturated rings. The molecule has 1 aliphatic heterocycles. The molecule has 172 valence electrons. The van der Waals surface area contributed by atoms with Crippen LogP contribution in [-0.4, -0.2) is 45.8 Å². The number of halogens is 1. The summed E-state index contributed by atoms with van der Waals surface area (Å²) in [6, 6.07) is 15.2. The van der Waals surface area contributed by atoms with Crippen LogP contribution in [0.25, 0.3) is 0 Å². The van der Waals surface area contributed by atoms with Gasteiger partial charge in [-0.3, -0.25) is 14.5 Å². The first-order valence-corrected chi connectivity index (χ1v) is 12.4. The number of hydrogen-bond donors (Lipinski definition) is 0. The molecule has 1 aliphatic rings. The molecule has 1 amide bonds. The van der Waals surface area contributed by atoms with Crippen molar-refractivity contribution >= 4 is 22.9 Å². The molecule has 0 bridgehead atoms. The number of Topliss-reactive ketones (excluding diaryl/α,β-unsaturated/α-hetero) is 1. The Morgan fingerprint density at radius 2 is 1.88 bits per heavy atom. The summed E-state index contributed by atoms with van der Waals surface area (Å²) in [7, 11) is 0. The maximum Gasteiger partial charge on any atom is 0.233 e. The number of nitrogens with zero attached hydrogens (tertiary/aromatic N) is 1. The summed E-state index contributed by atoms with van der Waals surface area (Å²) in [5, 5.41) is -0.251. The molecule has 32 heavy (non-hydrogen) atoms. The van der Waals surface area contributed by atoms with Crippen LogP contribution in [0.5, 0.6) is 0 Å². The molecule has 3 atom stereocenters. The second kappa shape index (κ2) is 12.1. The van der Waals surface area contributed by atoms with Gasteiger partial charge in [0.15, 0.2) is 11.2 Å². The minimum atomic E-state index is -1.14. The molecule has 1 saturated heterocycles. The molecule has 0 aromatic heterocycles. The van der Waals surface area contributed by atoms with Crippen LogP contribution in [0.15, 0.2) is 54.6 Å². The van der Waals surface area contributed by atoms with Crippen molar-refractivity contribution < 1.29 is 23.3 Å². The Labute approximate surface area is 192 Å². The maximum atomic E-state index is 12.9. The number of ketones is 1. The molecule has 0 saturated carbocycles. The van der Waals surface area contributed by atoms with Gasteiger partial charge in [-0.05, 0) is 55.2 Å². The highest BCUT2D eigenvalue weighted by Gasteiger charge is 2.46. The van der Waals surface area contributed by atoms with Gasteiger partial charge in [0.1, 0.15) is 11.6 Å². The Morgan fingerprint density at radius 3 is 2.56 bits per heavy atom. The normalized spacial score (nSPS) is 17.7. The molecule has 3 rings (SSSR count). The van der Waals surface area contributed by atoms with Gasteiger partial charge in [-0.15, -0.1) is 0 Å². The first-order valence-electron chi connectivity index (χ1n) is 11.0. The van der Waals surface area contributed by atoms with Crippen LogP contribution in [0.3, 0.4) is 0 Å². The van der Waals surface area contributed by atoms with E-state index in [1.54, 1.807) is 4.90 Å². The third-order valence-electron chi connectivity index (χ3n) is 5.60. The number of ether oxygens (including phenoxy) is 1. The number of benzene rings is 2. The summed E-state index contributed by atoms with van der Waals surface area (Å²) in [6.45, 7) is 2.87. The fourth-order valence-corrected chi connectivity index (χ4v) is 5.39. The van der Waals surface area contributed by atoms with Crippen molar-refractivity contribution in [3.63, 3.8) is 0 Å². The average molecular weight is 460 g/mol. The monoisotopic (exact) mass is 459 g/mol. The lowest BCUT2D eigenvalue weighted by Gasteiger charge is -2.43. The third-order valence-corrected chi connectivity index (χ3v) is 7.21. The summed E-state index contributed by atoms with van der Waals surface area (Å²) in [5.41, 5.74) is 1.54. The van der Waals surface area contributed by atoms with Gasteiger partial charge in [-0.1, -0.05) is 36.8 Å². The minimum Gasteiger partial charge on any atom is -0.614 e. The molecule has 0 aliphatic carbocycles. The van der Waals surface area contributed by atoms with Crippen molar-refractivity contribution in [2.24, 2.45) is 0 Å². The van der Waals surface area contributed by atoms with Crippen LogP contribution in [0.4, 0.5) is 4.39 Å². The van der Waals surface area contributed by atoms with Crippen LogP contribution in [-0.2, 0) is 26.5 Å². The molecule has 7 heteroatoms. The van der Waals surface area contributed by atoms with Crippen LogP contribution >= 0.6 is 0 Å². The van der Waals surface area contributed by atoms with E-state index in [-0.39, 0.29) is 28.9 Å². The zero-order valence-electron chi connectivity index (χ0n) is 18.4. The average Bonchev–Trinajstić information content (AvgIpc) is 2.77. The van der Waals surface area contributed by atoms with Crippen molar-refractivity contribution in [3.8, 4) is 0 Å². The highest BCUT2D eigenvalue weighted by atomic mass is 32.2. The van der Waals surface area contributed by atoms with Crippen molar-refractivity contribution in [1.29, 1.82) is 0 Å². The molecule has 2 aromatic rings. The lowest BCUT2D eigenvalue weighted by atomic mass is 10.0. The van der Waals surface area contributed by atoms with Crippen molar-refractivity contribution in [3.05, 3.63) is 71.5 Å². The first kappa shape index (κ1) is 24.4. The molecular formula is C25H30FNO4S. The second-order valence-electron chi connectivity index (χ2n) is 8.14. The summed E-state index contributed by atoms with van der Waals surface area (Å²) in [5.74, 6) is 0.137. The van der Waals surface area contributed by atoms with Gasteiger partial charge in [-0.2, -0.15) is 0 Å². The number of likely N-dealkylation sites (tertiary alicyclic amines) is 1. The van der Waals surface area contributed by atoms with Gasteiger partial charge in [0.25, 0.3) is 0 Å². The molecule has 5 nitrogen and oxygen atoms in total. The van der Waals surface area contributed by atoms with E-state index in [1.807, 2.05) is 37.3 Å². The van der Waals surface area contributed by atoms with E-state index in [2.05, 4.69) is 0 Å². The standard InChI is InChI=1S/C25H30FNO4S/c1-19(27-24(29)16-25(27)32(30)18-20-8-4-2-5-9-20)17-31-15-7-3-6-10-23(28)21-11-13-22(26)14-12-21/h2,4-5,8-9,11-14,19,25H,3,6-7,10,15-18H2,1H3. The van der Waals surface area contributed by atoms with Crippen LogP contribution < -0.4 is 0 Å². The Bertz CT molecular complexity index is 877. The largest absolute Gasteiger partial charge is 0.614 e. The predicted molar refractivity (Wildman–Crippen MR) is 123 cm³/mol. The van der Waals surface area contributed by atoms with E-state index in [1.165, 1.54) is 24.3 Å². The molecule has 3 unspecified atom stereocenters. The minimum absolute atomic E-state index is 0.0189. The van der Waals surface area contributed by atoms with E-state index >= 15 is 0 Å². The fraction of sp³-hybridized carbons (Fsp3) is 0.440. The van der Waals surface area contributed by atoms with Crippen molar-refractivity contribution in [2.45, 2.75) is 56.2 Å². The summed E-state index contributed by atoms with van der Waals surface area (Å²) in [4.78, 5) is 25.9. The van der Waals surface area contributed by atoms with Gasteiger partial charge < -0.3 is 9.29 Å². The molecule has 2 aromatic carbocycles. The second-order valence-corrected chi connectivity index (χ2v) is 9.73. The third kappa shape index (κ3) is 6.89. The Morgan fingerprint density at radius 1 is 1.16 bits per heavy atom. The zero-order chi connectivity index (χ0) is 22.9. The zero-order valence-corrected chi connectivity index (χ0v) is 19.2. The summed E-state index contributed by atoms with van der Waals surface area (Å²) in [6.07, 6.45) is 3.18. The number of amides is 1. The van der Waals surface area contributed by atoms with Crippen molar-refractivity contribution in [2.75, 3.05) is 13.2 Å². The fourth-order valence-electron chi connectivity index (χ4n) is 3.77. The van der Waals surface area contributed by atoms with E-state index < -0.39 is 11.2 Å². The van der Waals surface area contributed by atoms with Gasteiger partial charge >= 0.3 is 0 Å². The molecule has 0 radical (unpaired) electrons. The number of unbranched alkanes of at least 4 members (excludes halogenated alkanes) is 2. The molecule has 0 spiro atoms. The predicted octanol–water partition coefficient (Wildman–Crippen LogP) is 4.48. The van der Waals surface area contributed by atoms with E-state index in [0.29, 0.717) is 37.4 Å². The number of rotatable bonds is 13. The lowest BCUT2D eigenvalue weighted by molar-refractivity contribution is -0.146. The van der Waals surface area contributed by atoms with Crippen LogP contribution in [0.1, 0.15) is 54.9 Å². The number of hydrogen-bond acceptors (Lipinski definition) is 4. The Kier molecular flexibility index (Phi) is 9.26. The van der Waals surface area contributed by atoms with Gasteiger partial charge in [0.05, 0.1) is 19.1 Å². The number of carbonyl (C=O) groups excluding carboxylic acids is 2. The SMILES string of the molecule is CC(COCCCCCC(=O)c1ccc(F)cc1)N1C(=O)CC1[S+]([O-])Cc1ccccc1. The van der Waals surface area contributed by atoms with Gasteiger partial charge in [-0.25, -0.2) is 4.39 Å². The molecule has 1 heterocycles. The summed E-state index contributed by atoms with van der Waals surface area (Å²) >= 11 is -1.14. The van der Waals surface area contributed by atoms with Crippen LogP contribution in [0.2, 0.25) is 0 Å². The van der Waals surface area contributed by atoms with E-state index in [0.717, 1.165) is 24.8 Å². The topological polar surface area (TPSA) is 69.7 Å². The quantitative estimate of drug-likeness (QED) is 0.192. The van der Waals surface area contributed by atoms with Gasteiger partial charge in [0, 0.05) is 24.2 Å². The van der Waals surface area contributed by atoms with E-state index in [4.69, 9.17) is 4.74 Å². The Balaban J connectivity index is 1.30. The highest BCUT2D eigenvalue weighted by molar-refractivity contribution is 7.91.